The molecule has 0 spiro atoms. The van der Waals surface area contributed by atoms with Gasteiger partial charge in [0.05, 0.1) is 5.69 Å². The Labute approximate surface area is 95.6 Å². The lowest BCUT2D eigenvalue weighted by atomic mass is 10.3. The van der Waals surface area contributed by atoms with E-state index in [-0.39, 0.29) is 16.5 Å². The molecule has 0 aromatic heterocycles. The quantitative estimate of drug-likeness (QED) is 0.790. The Hall–Kier alpha value is -1.50. The fourth-order valence-electron chi connectivity index (χ4n) is 0.968. The van der Waals surface area contributed by atoms with Crippen LogP contribution in [-0.2, 0) is 0 Å². The van der Waals surface area contributed by atoms with Crippen LogP contribution in [0.15, 0.2) is 24.3 Å². The van der Waals surface area contributed by atoms with E-state index in [4.69, 9.17) is 12.2 Å². The molecule has 1 aromatic carbocycles. The average molecular weight is 250 g/mol. The minimum atomic E-state index is -4.72. The summed E-state index contributed by atoms with van der Waals surface area (Å²) in [6, 6.07) is 5.65. The number of rotatable bonds is 2. The summed E-state index contributed by atoms with van der Waals surface area (Å²) in [4.78, 5) is 0. The first kappa shape index (κ1) is 12.6. The van der Waals surface area contributed by atoms with Gasteiger partial charge in [0.1, 0.15) is 0 Å². The van der Waals surface area contributed by atoms with Crippen LogP contribution >= 0.6 is 12.2 Å². The molecule has 0 fully saturated rings. The minimum absolute atomic E-state index is 0.152. The van der Waals surface area contributed by atoms with E-state index in [1.807, 2.05) is 0 Å². The molecule has 0 aliphatic carbocycles. The zero-order valence-electron chi connectivity index (χ0n) is 8.26. The zero-order chi connectivity index (χ0) is 12.2. The van der Waals surface area contributed by atoms with Gasteiger partial charge in [-0.15, -0.1) is 13.2 Å². The number of thiocarbonyl (C=S) groups is 1. The predicted molar refractivity (Wildman–Crippen MR) is 58.4 cm³/mol. The largest absolute Gasteiger partial charge is 0.573 e. The molecule has 0 saturated carbocycles. The van der Waals surface area contributed by atoms with E-state index in [2.05, 4.69) is 15.4 Å². The van der Waals surface area contributed by atoms with Crippen molar-refractivity contribution in [1.29, 1.82) is 0 Å². The molecule has 0 unspecified atom stereocenters. The highest BCUT2D eigenvalue weighted by Crippen LogP contribution is 2.29. The average Bonchev–Trinajstić information content (AvgIpc) is 2.18. The molecule has 0 atom stereocenters. The number of anilines is 1. The number of alkyl halides is 3. The number of para-hydroxylation sites is 2. The van der Waals surface area contributed by atoms with Crippen molar-refractivity contribution in [2.24, 2.45) is 0 Å². The summed E-state index contributed by atoms with van der Waals surface area (Å²) < 4.78 is 40.0. The molecule has 16 heavy (non-hydrogen) atoms. The van der Waals surface area contributed by atoms with Gasteiger partial charge in [-0.3, -0.25) is 0 Å². The summed E-state index contributed by atoms with van der Waals surface area (Å²) in [6.07, 6.45) is -4.72. The number of halogens is 3. The molecule has 7 heteroatoms. The van der Waals surface area contributed by atoms with Crippen LogP contribution in [0.3, 0.4) is 0 Å². The Balaban J connectivity index is 2.87. The third-order valence-electron chi connectivity index (χ3n) is 1.59. The number of nitrogens with one attached hydrogen (secondary N) is 2. The maximum atomic E-state index is 12.0. The summed E-state index contributed by atoms with van der Waals surface area (Å²) in [5.41, 5.74) is 0.152. The van der Waals surface area contributed by atoms with E-state index >= 15 is 0 Å². The van der Waals surface area contributed by atoms with Gasteiger partial charge < -0.3 is 15.4 Å². The van der Waals surface area contributed by atoms with Crippen LogP contribution in [0, 0.1) is 0 Å². The summed E-state index contributed by atoms with van der Waals surface area (Å²) in [6.45, 7) is 0. The lowest BCUT2D eigenvalue weighted by Gasteiger charge is -2.14. The van der Waals surface area contributed by atoms with Gasteiger partial charge in [-0.25, -0.2) is 0 Å². The van der Waals surface area contributed by atoms with Gasteiger partial charge >= 0.3 is 6.36 Å². The van der Waals surface area contributed by atoms with Crippen LogP contribution in [0.25, 0.3) is 0 Å². The van der Waals surface area contributed by atoms with Crippen molar-refractivity contribution in [2.45, 2.75) is 6.36 Å². The van der Waals surface area contributed by atoms with Crippen LogP contribution in [0.2, 0.25) is 0 Å². The first-order chi connectivity index (χ1) is 7.42. The van der Waals surface area contributed by atoms with Crippen molar-refractivity contribution in [3.8, 4) is 5.75 Å². The van der Waals surface area contributed by atoms with Crippen molar-refractivity contribution >= 4 is 23.0 Å². The third-order valence-corrected chi connectivity index (χ3v) is 1.89. The monoisotopic (exact) mass is 250 g/mol. The van der Waals surface area contributed by atoms with E-state index < -0.39 is 6.36 Å². The maximum Gasteiger partial charge on any atom is 0.573 e. The Morgan fingerprint density at radius 3 is 2.50 bits per heavy atom. The van der Waals surface area contributed by atoms with Crippen LogP contribution in [0.4, 0.5) is 18.9 Å². The predicted octanol–water partition coefficient (Wildman–Crippen LogP) is 2.50. The van der Waals surface area contributed by atoms with E-state index in [1.54, 1.807) is 13.1 Å². The van der Waals surface area contributed by atoms with Crippen LogP contribution in [0.5, 0.6) is 5.75 Å². The second-order valence-corrected chi connectivity index (χ2v) is 3.16. The van der Waals surface area contributed by atoms with Crippen LogP contribution in [-0.4, -0.2) is 18.5 Å². The van der Waals surface area contributed by atoms with Crippen molar-refractivity contribution < 1.29 is 17.9 Å². The maximum absolute atomic E-state index is 12.0. The molecule has 0 bridgehead atoms. The van der Waals surface area contributed by atoms with Gasteiger partial charge in [0.25, 0.3) is 0 Å². The second-order valence-electron chi connectivity index (χ2n) is 2.75. The van der Waals surface area contributed by atoms with Crippen molar-refractivity contribution in [3.05, 3.63) is 24.3 Å². The fraction of sp³-hybridized carbons (Fsp3) is 0.222. The van der Waals surface area contributed by atoms with Gasteiger partial charge in [-0.2, -0.15) is 0 Å². The Kier molecular flexibility index (Phi) is 3.94. The summed E-state index contributed by atoms with van der Waals surface area (Å²) >= 11 is 4.78. The molecule has 0 heterocycles. The third kappa shape index (κ3) is 3.93. The summed E-state index contributed by atoms with van der Waals surface area (Å²) in [7, 11) is 1.56. The van der Waals surface area contributed by atoms with E-state index in [0.29, 0.717) is 0 Å². The molecule has 1 rings (SSSR count). The molecule has 0 saturated heterocycles. The lowest BCUT2D eigenvalue weighted by Crippen LogP contribution is -2.25. The SMILES string of the molecule is CNC(=S)Nc1ccccc1OC(F)(F)F. The Morgan fingerprint density at radius 1 is 1.31 bits per heavy atom. The smallest absolute Gasteiger partial charge is 0.404 e. The zero-order valence-corrected chi connectivity index (χ0v) is 9.08. The molecule has 3 nitrogen and oxygen atoms in total. The molecule has 88 valence electrons. The number of hydrogen-bond donors (Lipinski definition) is 2. The molecule has 2 N–H and O–H groups in total. The molecular formula is C9H9F3N2OS. The highest BCUT2D eigenvalue weighted by molar-refractivity contribution is 7.80. The molecule has 0 amide bonds. The molecule has 0 radical (unpaired) electrons. The van der Waals surface area contributed by atoms with Crippen LogP contribution in [0.1, 0.15) is 0 Å². The van der Waals surface area contributed by atoms with Gasteiger partial charge in [0.2, 0.25) is 0 Å². The first-order valence-electron chi connectivity index (χ1n) is 4.26. The van der Waals surface area contributed by atoms with Crippen LogP contribution < -0.4 is 15.4 Å². The number of hydrogen-bond acceptors (Lipinski definition) is 2. The summed E-state index contributed by atoms with van der Waals surface area (Å²) in [5.74, 6) is -0.326. The Bertz CT molecular complexity index is 381. The Morgan fingerprint density at radius 2 is 1.94 bits per heavy atom. The van der Waals surface area contributed by atoms with Crippen molar-refractivity contribution in [3.63, 3.8) is 0 Å². The first-order valence-corrected chi connectivity index (χ1v) is 4.66. The standard InChI is InChI=1S/C9H9F3N2OS/c1-13-8(16)14-6-4-2-3-5-7(6)15-9(10,11)12/h2-5H,1H3,(H2,13,14,16). The van der Waals surface area contributed by atoms with E-state index in [0.717, 1.165) is 0 Å². The lowest BCUT2D eigenvalue weighted by molar-refractivity contribution is -0.274. The normalized spacial score (nSPS) is 10.8. The highest BCUT2D eigenvalue weighted by Gasteiger charge is 2.32. The van der Waals surface area contributed by atoms with E-state index in [9.17, 15) is 13.2 Å². The van der Waals surface area contributed by atoms with Gasteiger partial charge in [-0.1, -0.05) is 12.1 Å². The van der Waals surface area contributed by atoms with Gasteiger partial charge in [0.15, 0.2) is 10.9 Å². The number of ether oxygens (including phenoxy) is 1. The van der Waals surface area contributed by atoms with Crippen molar-refractivity contribution in [2.75, 3.05) is 12.4 Å². The van der Waals surface area contributed by atoms with E-state index in [1.165, 1.54) is 18.2 Å². The molecule has 1 aromatic rings. The minimum Gasteiger partial charge on any atom is -0.404 e. The molecule has 0 aliphatic heterocycles. The summed E-state index contributed by atoms with van der Waals surface area (Å²) in [5, 5.41) is 5.37. The number of benzene rings is 1. The molecule has 0 aliphatic rings. The van der Waals surface area contributed by atoms with Gasteiger partial charge in [-0.05, 0) is 24.4 Å². The van der Waals surface area contributed by atoms with Crippen molar-refractivity contribution in [1.82, 2.24) is 5.32 Å². The fourth-order valence-corrected chi connectivity index (χ4v) is 1.08. The topological polar surface area (TPSA) is 33.3 Å². The van der Waals surface area contributed by atoms with Gasteiger partial charge in [0, 0.05) is 7.05 Å². The highest BCUT2D eigenvalue weighted by atomic mass is 32.1. The molecular weight excluding hydrogens is 241 g/mol. The second kappa shape index (κ2) is 5.02.